The Hall–Kier alpha value is -1.23. The van der Waals surface area contributed by atoms with E-state index >= 15 is 0 Å². The van der Waals surface area contributed by atoms with Gasteiger partial charge in [0, 0.05) is 11.4 Å². The van der Waals surface area contributed by atoms with Crippen LogP contribution in [0.5, 0.6) is 11.5 Å². The minimum absolute atomic E-state index is 0. The van der Waals surface area contributed by atoms with Crippen LogP contribution in [0.15, 0.2) is 35.7 Å². The van der Waals surface area contributed by atoms with Crippen LogP contribution in [0.1, 0.15) is 49.5 Å². The van der Waals surface area contributed by atoms with E-state index in [2.05, 4.69) is 54.9 Å². The first-order valence-electron chi connectivity index (χ1n) is 8.85. The van der Waals surface area contributed by atoms with E-state index in [4.69, 9.17) is 9.47 Å². The predicted octanol–water partition coefficient (Wildman–Crippen LogP) is 5.60. The van der Waals surface area contributed by atoms with Gasteiger partial charge in [0.2, 0.25) is 6.79 Å². The van der Waals surface area contributed by atoms with Gasteiger partial charge in [0.25, 0.3) is 0 Å². The lowest BCUT2D eigenvalue weighted by Gasteiger charge is -2.19. The smallest absolute Gasteiger partial charge is 0.231 e. The molecule has 1 aromatic heterocycles. The van der Waals surface area contributed by atoms with Gasteiger partial charge in [0.05, 0.1) is 0 Å². The van der Waals surface area contributed by atoms with E-state index in [1.165, 1.54) is 23.3 Å². The molecule has 2 heterocycles. The summed E-state index contributed by atoms with van der Waals surface area (Å²) in [5, 5.41) is 5.72. The number of rotatable bonds is 9. The second kappa shape index (κ2) is 10.0. The lowest BCUT2D eigenvalue weighted by Crippen LogP contribution is -2.17. The molecule has 3 nitrogen and oxygen atoms in total. The van der Waals surface area contributed by atoms with Crippen molar-refractivity contribution in [3.63, 3.8) is 0 Å². The van der Waals surface area contributed by atoms with Gasteiger partial charge in [-0.3, -0.25) is 0 Å². The van der Waals surface area contributed by atoms with Gasteiger partial charge < -0.3 is 14.8 Å². The van der Waals surface area contributed by atoms with E-state index in [1.54, 1.807) is 0 Å². The van der Waals surface area contributed by atoms with Gasteiger partial charge in [-0.2, -0.15) is 0 Å². The third-order valence-corrected chi connectivity index (χ3v) is 5.39. The fraction of sp³-hybridized carbons (Fsp3) is 0.500. The minimum atomic E-state index is 0. The summed E-state index contributed by atoms with van der Waals surface area (Å²) < 4.78 is 11.0. The maximum Gasteiger partial charge on any atom is 0.231 e. The maximum atomic E-state index is 5.55. The number of halogens is 1. The Bertz CT molecular complexity index is 631. The summed E-state index contributed by atoms with van der Waals surface area (Å²) in [7, 11) is 0. The van der Waals surface area contributed by atoms with Crippen molar-refractivity contribution in [2.75, 3.05) is 13.3 Å². The number of benzene rings is 1. The number of nitrogens with one attached hydrogen (secondary N) is 1. The number of hydrogen-bond donors (Lipinski definition) is 1. The second-order valence-electron chi connectivity index (χ2n) is 6.83. The first-order valence-corrected chi connectivity index (χ1v) is 9.73. The van der Waals surface area contributed by atoms with Gasteiger partial charge in [0.1, 0.15) is 0 Å². The largest absolute Gasteiger partial charge is 0.454 e. The Labute approximate surface area is 161 Å². The average Bonchev–Trinajstić information content (AvgIpc) is 3.24. The first kappa shape index (κ1) is 20.1. The number of fused-ring (bicyclic) bond motifs is 1. The summed E-state index contributed by atoms with van der Waals surface area (Å²) in [5.41, 5.74) is 1.37. The van der Waals surface area contributed by atoms with Crippen LogP contribution in [0.2, 0.25) is 0 Å². The molecule has 0 aliphatic carbocycles. The number of thiophene rings is 1. The Balaban J connectivity index is 0.00000225. The molecule has 138 valence electrons. The molecule has 2 aromatic rings. The maximum absolute atomic E-state index is 5.55. The number of ether oxygens (including phenoxy) is 2. The monoisotopic (exact) mass is 381 g/mol. The Morgan fingerprint density at radius 3 is 2.68 bits per heavy atom. The van der Waals surface area contributed by atoms with Gasteiger partial charge in [0.15, 0.2) is 11.5 Å². The first-order chi connectivity index (χ1) is 11.7. The molecule has 0 fully saturated rings. The molecule has 1 aromatic carbocycles. The van der Waals surface area contributed by atoms with Crippen LogP contribution in [-0.4, -0.2) is 13.3 Å². The molecule has 0 saturated carbocycles. The highest BCUT2D eigenvalue weighted by molar-refractivity contribution is 7.09. The van der Waals surface area contributed by atoms with Gasteiger partial charge in [-0.25, -0.2) is 0 Å². The zero-order valence-electron chi connectivity index (χ0n) is 15.0. The van der Waals surface area contributed by atoms with E-state index in [0.29, 0.717) is 12.7 Å². The molecular formula is C20H28ClNO2S. The summed E-state index contributed by atoms with van der Waals surface area (Å²) in [5.74, 6) is 3.07. The third kappa shape index (κ3) is 5.91. The molecular weight excluding hydrogens is 354 g/mol. The normalized spacial score (nSPS) is 13.7. The molecule has 0 amide bonds. The van der Waals surface area contributed by atoms with E-state index in [9.17, 15) is 0 Å². The Kier molecular flexibility index (Phi) is 8.07. The van der Waals surface area contributed by atoms with Crippen molar-refractivity contribution < 1.29 is 9.47 Å². The van der Waals surface area contributed by atoms with Crippen molar-refractivity contribution >= 4 is 23.7 Å². The standard InChI is InChI=1S/C20H27NO2S.ClH/c1-15(2)5-6-16(9-10-21-13-18-4-3-11-24-18)17-7-8-19-20(12-17)23-14-22-19;/h3-4,7-8,11-12,15-16,21H,5-6,9-10,13-14H2,1-2H3;1H. The van der Waals surface area contributed by atoms with Gasteiger partial charge in [-0.05, 0) is 60.4 Å². The Morgan fingerprint density at radius 1 is 1.08 bits per heavy atom. The van der Waals surface area contributed by atoms with Crippen LogP contribution in [-0.2, 0) is 6.54 Å². The molecule has 3 rings (SSSR count). The molecule has 0 spiro atoms. The van der Waals surface area contributed by atoms with Crippen LogP contribution in [0.3, 0.4) is 0 Å². The zero-order chi connectivity index (χ0) is 16.8. The van der Waals surface area contributed by atoms with Crippen molar-refractivity contribution in [1.29, 1.82) is 0 Å². The van der Waals surface area contributed by atoms with Gasteiger partial charge >= 0.3 is 0 Å². The number of hydrogen-bond acceptors (Lipinski definition) is 4. The summed E-state index contributed by atoms with van der Waals surface area (Å²) in [6.07, 6.45) is 3.62. The van der Waals surface area contributed by atoms with E-state index in [-0.39, 0.29) is 12.4 Å². The van der Waals surface area contributed by atoms with Gasteiger partial charge in [-0.1, -0.05) is 32.4 Å². The van der Waals surface area contributed by atoms with Crippen LogP contribution < -0.4 is 14.8 Å². The van der Waals surface area contributed by atoms with Crippen molar-refractivity contribution in [2.24, 2.45) is 5.92 Å². The van der Waals surface area contributed by atoms with Crippen molar-refractivity contribution in [1.82, 2.24) is 5.32 Å². The molecule has 25 heavy (non-hydrogen) atoms. The van der Waals surface area contributed by atoms with E-state index < -0.39 is 0 Å². The lowest BCUT2D eigenvalue weighted by atomic mass is 9.88. The fourth-order valence-electron chi connectivity index (χ4n) is 3.08. The SMILES string of the molecule is CC(C)CCC(CCNCc1cccs1)c1ccc2c(c1)OCO2.Cl. The molecule has 0 bridgehead atoms. The van der Waals surface area contributed by atoms with Crippen LogP contribution in [0.25, 0.3) is 0 Å². The molecule has 1 atom stereocenters. The summed E-state index contributed by atoms with van der Waals surface area (Å²) >= 11 is 1.81. The molecule has 1 unspecified atom stereocenters. The topological polar surface area (TPSA) is 30.5 Å². The summed E-state index contributed by atoms with van der Waals surface area (Å²) in [6, 6.07) is 10.7. The second-order valence-corrected chi connectivity index (χ2v) is 7.86. The van der Waals surface area contributed by atoms with E-state index in [1.807, 2.05) is 11.3 Å². The molecule has 0 saturated heterocycles. The van der Waals surface area contributed by atoms with Gasteiger partial charge in [-0.15, -0.1) is 23.7 Å². The van der Waals surface area contributed by atoms with Crippen molar-refractivity contribution in [2.45, 2.75) is 45.6 Å². The van der Waals surface area contributed by atoms with Crippen molar-refractivity contribution in [3.05, 3.63) is 46.2 Å². The molecule has 1 N–H and O–H groups in total. The highest BCUT2D eigenvalue weighted by atomic mass is 35.5. The van der Waals surface area contributed by atoms with E-state index in [0.717, 1.165) is 36.9 Å². The minimum Gasteiger partial charge on any atom is -0.454 e. The quantitative estimate of drug-likeness (QED) is 0.573. The third-order valence-electron chi connectivity index (χ3n) is 4.51. The summed E-state index contributed by atoms with van der Waals surface area (Å²) in [4.78, 5) is 1.40. The molecule has 5 heteroatoms. The predicted molar refractivity (Wildman–Crippen MR) is 107 cm³/mol. The average molecular weight is 382 g/mol. The van der Waals surface area contributed by atoms with Crippen molar-refractivity contribution in [3.8, 4) is 11.5 Å². The highest BCUT2D eigenvalue weighted by Gasteiger charge is 2.18. The zero-order valence-corrected chi connectivity index (χ0v) is 16.6. The van der Waals surface area contributed by atoms with Crippen LogP contribution in [0.4, 0.5) is 0 Å². The highest BCUT2D eigenvalue weighted by Crippen LogP contribution is 2.37. The summed E-state index contributed by atoms with van der Waals surface area (Å²) in [6.45, 7) is 6.94. The lowest BCUT2D eigenvalue weighted by molar-refractivity contribution is 0.174. The van der Waals surface area contributed by atoms with Crippen LogP contribution in [0, 0.1) is 5.92 Å². The molecule has 1 aliphatic rings. The fourth-order valence-corrected chi connectivity index (χ4v) is 3.75. The molecule has 0 radical (unpaired) electrons. The Morgan fingerprint density at radius 2 is 1.92 bits per heavy atom. The van der Waals surface area contributed by atoms with Crippen LogP contribution >= 0.6 is 23.7 Å². The molecule has 1 aliphatic heterocycles.